The number of aromatic nitrogens is 2. The summed E-state index contributed by atoms with van der Waals surface area (Å²) in [7, 11) is 1.94. The van der Waals surface area contributed by atoms with Gasteiger partial charge in [0.05, 0.1) is 6.20 Å². The van der Waals surface area contributed by atoms with Crippen molar-refractivity contribution in [2.75, 3.05) is 0 Å². The third-order valence-electron chi connectivity index (χ3n) is 0.684. The van der Waals surface area contributed by atoms with E-state index in [2.05, 4.69) is 5.10 Å². The molecule has 2 nitrogen and oxygen atoms in total. The lowest BCUT2D eigenvalue weighted by Crippen LogP contribution is -2.27. The molecule has 1 rings (SSSR count). The minimum Gasteiger partial charge on any atom is -0.173 e. The molecule has 0 bridgehead atoms. The first-order valence-corrected chi connectivity index (χ1v) is 1.88. The maximum Gasteiger partial charge on any atom is 0.195 e. The summed E-state index contributed by atoms with van der Waals surface area (Å²) in [5.41, 5.74) is 0. The van der Waals surface area contributed by atoms with Gasteiger partial charge in [0.2, 0.25) is 0 Å². The predicted octanol–water partition coefficient (Wildman–Crippen LogP) is -0.161. The molecule has 0 atom stereocenters. The second kappa shape index (κ2) is 1.12. The zero-order valence-electron chi connectivity index (χ0n) is 3.68. The summed E-state index contributed by atoms with van der Waals surface area (Å²) in [4.78, 5) is 0. The highest BCUT2D eigenvalue weighted by atomic mass is 15.2. The Bertz CT molecular complexity index is 109. The van der Waals surface area contributed by atoms with Crippen molar-refractivity contribution >= 4 is 0 Å². The van der Waals surface area contributed by atoms with E-state index in [9.17, 15) is 0 Å². The molecule has 2 heteroatoms. The third kappa shape index (κ3) is 0.407. The van der Waals surface area contributed by atoms with Crippen molar-refractivity contribution in [2.24, 2.45) is 7.05 Å². The van der Waals surface area contributed by atoms with E-state index >= 15 is 0 Å². The van der Waals surface area contributed by atoms with Crippen LogP contribution in [0.3, 0.4) is 0 Å². The van der Waals surface area contributed by atoms with Crippen LogP contribution in [-0.2, 0) is 7.05 Å². The fourth-order valence-corrected chi connectivity index (χ4v) is 0.376. The van der Waals surface area contributed by atoms with Crippen molar-refractivity contribution in [3.05, 3.63) is 18.5 Å². The van der Waals surface area contributed by atoms with E-state index in [1.165, 1.54) is 0 Å². The SMILES string of the molecule is C[n+]1ccc[nH]1. The number of hydrogen-bond acceptors (Lipinski definition) is 0. The second-order valence-corrected chi connectivity index (χ2v) is 1.25. The Labute approximate surface area is 36.4 Å². The minimum absolute atomic E-state index is 1.88. The summed E-state index contributed by atoms with van der Waals surface area (Å²) in [5.74, 6) is 0. The summed E-state index contributed by atoms with van der Waals surface area (Å²) >= 11 is 0. The van der Waals surface area contributed by atoms with Gasteiger partial charge in [-0.1, -0.05) is 0 Å². The molecule has 0 aliphatic rings. The largest absolute Gasteiger partial charge is 0.195 e. The summed E-state index contributed by atoms with van der Waals surface area (Å²) in [5, 5.41) is 2.92. The van der Waals surface area contributed by atoms with Crippen molar-refractivity contribution in [3.63, 3.8) is 0 Å². The molecule has 0 fully saturated rings. The van der Waals surface area contributed by atoms with Crippen LogP contribution in [0.2, 0.25) is 0 Å². The van der Waals surface area contributed by atoms with Gasteiger partial charge in [-0.3, -0.25) is 0 Å². The molecule has 1 aromatic heterocycles. The van der Waals surface area contributed by atoms with Gasteiger partial charge in [-0.05, 0) is 0 Å². The highest BCUT2D eigenvalue weighted by Gasteiger charge is 1.79. The normalized spacial score (nSPS) is 8.83. The van der Waals surface area contributed by atoms with Gasteiger partial charge < -0.3 is 0 Å². The van der Waals surface area contributed by atoms with Crippen LogP contribution in [0.1, 0.15) is 0 Å². The number of rotatable bonds is 0. The molecule has 0 amide bonds. The molecule has 0 saturated carbocycles. The number of aromatic amines is 1. The minimum atomic E-state index is 1.88. The van der Waals surface area contributed by atoms with E-state index in [1.807, 2.05) is 30.2 Å². The highest BCUT2D eigenvalue weighted by Crippen LogP contribution is 1.62. The smallest absolute Gasteiger partial charge is 0.173 e. The van der Waals surface area contributed by atoms with E-state index < -0.39 is 0 Å². The van der Waals surface area contributed by atoms with Gasteiger partial charge in [0.15, 0.2) is 13.2 Å². The zero-order valence-corrected chi connectivity index (χ0v) is 3.68. The van der Waals surface area contributed by atoms with E-state index in [0.717, 1.165) is 0 Å². The lowest BCUT2D eigenvalue weighted by Gasteiger charge is -1.65. The maximum absolute atomic E-state index is 2.92. The summed E-state index contributed by atoms with van der Waals surface area (Å²) in [6.07, 6.45) is 3.82. The van der Waals surface area contributed by atoms with E-state index in [1.54, 1.807) is 0 Å². The molecule has 32 valence electrons. The van der Waals surface area contributed by atoms with Gasteiger partial charge in [-0.25, -0.2) is 0 Å². The van der Waals surface area contributed by atoms with Crippen LogP contribution in [0.5, 0.6) is 0 Å². The van der Waals surface area contributed by atoms with Gasteiger partial charge >= 0.3 is 0 Å². The predicted molar refractivity (Wildman–Crippen MR) is 22.0 cm³/mol. The second-order valence-electron chi connectivity index (χ2n) is 1.25. The number of nitrogens with one attached hydrogen (secondary N) is 1. The van der Waals surface area contributed by atoms with Gasteiger partial charge in [0, 0.05) is 6.07 Å². The first-order chi connectivity index (χ1) is 2.89. The van der Waals surface area contributed by atoms with Crippen molar-refractivity contribution < 1.29 is 4.68 Å². The Morgan fingerprint density at radius 2 is 2.50 bits per heavy atom. The molecule has 6 heavy (non-hydrogen) atoms. The Balaban J connectivity index is 3.05. The first kappa shape index (κ1) is 3.40. The monoisotopic (exact) mass is 83.1 g/mol. The number of hydrogen-bond donors (Lipinski definition) is 1. The van der Waals surface area contributed by atoms with Crippen molar-refractivity contribution in [2.45, 2.75) is 0 Å². The fraction of sp³-hybridized carbons (Fsp3) is 0.250. The molecule has 0 unspecified atom stereocenters. The Hall–Kier alpha value is -0.790. The van der Waals surface area contributed by atoms with Crippen molar-refractivity contribution in [1.29, 1.82) is 0 Å². The van der Waals surface area contributed by atoms with Crippen LogP contribution in [0.25, 0.3) is 0 Å². The molecular formula is C4H7N2+. The average molecular weight is 83.1 g/mol. The van der Waals surface area contributed by atoms with E-state index in [-0.39, 0.29) is 0 Å². The van der Waals surface area contributed by atoms with Crippen LogP contribution in [0.4, 0.5) is 0 Å². The lowest BCUT2D eigenvalue weighted by atomic mass is 10.8. The average Bonchev–Trinajstić information content (AvgIpc) is 1.86. The van der Waals surface area contributed by atoms with E-state index in [4.69, 9.17) is 0 Å². The fourth-order valence-electron chi connectivity index (χ4n) is 0.376. The molecule has 0 aliphatic carbocycles. The number of H-pyrrole nitrogens is 1. The third-order valence-corrected chi connectivity index (χ3v) is 0.684. The topological polar surface area (TPSA) is 19.7 Å². The van der Waals surface area contributed by atoms with Crippen LogP contribution >= 0.6 is 0 Å². The molecule has 0 spiro atoms. The maximum atomic E-state index is 2.92. The van der Waals surface area contributed by atoms with Gasteiger partial charge in [0.1, 0.15) is 0 Å². The number of aryl methyl sites for hydroxylation is 1. The molecule has 0 aromatic carbocycles. The van der Waals surface area contributed by atoms with Gasteiger partial charge in [0.25, 0.3) is 0 Å². The van der Waals surface area contributed by atoms with Crippen LogP contribution in [0.15, 0.2) is 18.5 Å². The molecule has 0 aliphatic heterocycles. The first-order valence-electron chi connectivity index (χ1n) is 1.88. The summed E-state index contributed by atoms with van der Waals surface area (Å²) in [6.45, 7) is 0. The zero-order chi connectivity index (χ0) is 4.41. The Kier molecular flexibility index (Phi) is 0.638. The van der Waals surface area contributed by atoms with E-state index in [0.29, 0.717) is 0 Å². The molecule has 1 N–H and O–H groups in total. The summed E-state index contributed by atoms with van der Waals surface area (Å²) in [6, 6.07) is 1.94. The van der Waals surface area contributed by atoms with Crippen LogP contribution in [0, 0.1) is 0 Å². The Morgan fingerprint density at radius 1 is 1.67 bits per heavy atom. The lowest BCUT2D eigenvalue weighted by molar-refractivity contribution is -0.726. The quantitative estimate of drug-likeness (QED) is 0.420. The summed E-state index contributed by atoms with van der Waals surface area (Å²) < 4.78 is 1.88. The molecule has 0 radical (unpaired) electrons. The van der Waals surface area contributed by atoms with Crippen molar-refractivity contribution in [1.82, 2.24) is 5.10 Å². The van der Waals surface area contributed by atoms with Crippen LogP contribution in [-0.4, -0.2) is 5.10 Å². The van der Waals surface area contributed by atoms with Crippen molar-refractivity contribution in [3.8, 4) is 0 Å². The van der Waals surface area contributed by atoms with Crippen LogP contribution < -0.4 is 4.68 Å². The molecule has 0 saturated heterocycles. The highest BCUT2D eigenvalue weighted by molar-refractivity contribution is 4.66. The Morgan fingerprint density at radius 3 is 2.67 bits per heavy atom. The molecule has 1 aromatic rings. The molecule has 1 heterocycles. The van der Waals surface area contributed by atoms with Gasteiger partial charge in [-0.2, -0.15) is 5.10 Å². The standard InChI is InChI=1S/C4H6N2/c1-6-4-2-3-5-6/h2-4H,1H3/p+1. The molecular weight excluding hydrogens is 76.1 g/mol. The van der Waals surface area contributed by atoms with Gasteiger partial charge in [-0.15, -0.1) is 4.68 Å². The number of nitrogens with zero attached hydrogens (tertiary/aromatic N) is 1.